The summed E-state index contributed by atoms with van der Waals surface area (Å²) in [4.78, 5) is 26.4. The molecule has 2 atom stereocenters. The summed E-state index contributed by atoms with van der Waals surface area (Å²) in [6.45, 7) is 4.48. The number of Topliss-reactive ketones (excluding diaryl/α,β-unsaturated/α-hetero) is 1. The van der Waals surface area contributed by atoms with Crippen molar-refractivity contribution in [2.24, 2.45) is 0 Å². The first-order valence-electron chi connectivity index (χ1n) is 11.1. The van der Waals surface area contributed by atoms with Crippen LogP contribution in [0.5, 0.6) is 5.75 Å². The zero-order chi connectivity index (χ0) is 22.7. The van der Waals surface area contributed by atoms with Crippen LogP contribution in [0.4, 0.5) is 0 Å². The second-order valence-electron chi connectivity index (χ2n) is 8.31. The minimum atomic E-state index is -0.518. The molecule has 0 spiro atoms. The van der Waals surface area contributed by atoms with E-state index < -0.39 is 11.9 Å². The van der Waals surface area contributed by atoms with Crippen LogP contribution >= 0.6 is 0 Å². The van der Waals surface area contributed by atoms with Crippen molar-refractivity contribution in [1.29, 1.82) is 0 Å². The second kappa shape index (κ2) is 9.43. The van der Waals surface area contributed by atoms with E-state index in [0.29, 0.717) is 42.0 Å². The summed E-state index contributed by atoms with van der Waals surface area (Å²) in [5.41, 5.74) is 4.68. The zero-order valence-electron chi connectivity index (χ0n) is 18.8. The molecule has 2 aromatic rings. The first-order valence-corrected chi connectivity index (χ1v) is 11.1. The summed E-state index contributed by atoms with van der Waals surface area (Å²) in [6.07, 6.45) is 1.99. The van der Waals surface area contributed by atoms with E-state index in [1.165, 1.54) is 7.11 Å². The molecule has 0 radical (unpaired) electrons. The second-order valence-corrected chi connectivity index (χ2v) is 8.31. The molecule has 32 heavy (non-hydrogen) atoms. The summed E-state index contributed by atoms with van der Waals surface area (Å²) in [5, 5.41) is 3.37. The molecule has 1 aliphatic carbocycles. The largest absolute Gasteiger partial charge is 0.493 e. The molecule has 0 saturated carbocycles. The summed E-state index contributed by atoms with van der Waals surface area (Å²) in [5.74, 6) is -0.0995. The van der Waals surface area contributed by atoms with Crippen LogP contribution in [0, 0.1) is 0 Å². The van der Waals surface area contributed by atoms with Crippen LogP contribution in [0.15, 0.2) is 77.1 Å². The van der Waals surface area contributed by atoms with Crippen molar-refractivity contribution < 1.29 is 19.1 Å². The van der Waals surface area contributed by atoms with Gasteiger partial charge in [0.15, 0.2) is 5.78 Å². The number of ketones is 1. The molecule has 4 rings (SSSR count). The monoisotopic (exact) mass is 431 g/mol. The molecule has 2 aliphatic rings. The van der Waals surface area contributed by atoms with Gasteiger partial charge in [-0.3, -0.25) is 4.79 Å². The first kappa shape index (κ1) is 21.9. The molecule has 166 valence electrons. The third kappa shape index (κ3) is 4.07. The molecule has 0 saturated heterocycles. The van der Waals surface area contributed by atoms with Gasteiger partial charge in [-0.15, -0.1) is 0 Å². The van der Waals surface area contributed by atoms with Gasteiger partial charge in [-0.2, -0.15) is 0 Å². The number of hydrogen-bond donors (Lipinski definition) is 1. The number of rotatable bonds is 6. The van der Waals surface area contributed by atoms with Gasteiger partial charge in [-0.1, -0.05) is 55.5 Å². The minimum Gasteiger partial charge on any atom is -0.493 e. The van der Waals surface area contributed by atoms with E-state index in [-0.39, 0.29) is 11.7 Å². The number of ether oxygens (including phenoxy) is 2. The lowest BCUT2D eigenvalue weighted by molar-refractivity contribution is -0.136. The van der Waals surface area contributed by atoms with Gasteiger partial charge in [0.2, 0.25) is 0 Å². The van der Waals surface area contributed by atoms with E-state index >= 15 is 0 Å². The van der Waals surface area contributed by atoms with Crippen molar-refractivity contribution in [2.45, 2.75) is 44.9 Å². The average Bonchev–Trinajstić information content (AvgIpc) is 2.82. The van der Waals surface area contributed by atoms with Crippen molar-refractivity contribution in [3.05, 3.63) is 88.3 Å². The molecule has 1 heterocycles. The van der Waals surface area contributed by atoms with Crippen LogP contribution < -0.4 is 10.1 Å². The lowest BCUT2D eigenvalue weighted by Gasteiger charge is -2.37. The van der Waals surface area contributed by atoms with Crippen LogP contribution in [0.1, 0.15) is 56.1 Å². The Hall–Kier alpha value is -3.34. The van der Waals surface area contributed by atoms with Crippen LogP contribution in [-0.2, 0) is 14.3 Å². The number of carbonyl (C=O) groups excluding carboxylic acids is 2. The SMILES string of the molecule is CCCOc1ccccc1[C@@H]1C(C(=O)OC)=C(C)NC2=C1C(=O)C[C@@H](c1ccccc1)C2. The Kier molecular flexibility index (Phi) is 6.45. The van der Waals surface area contributed by atoms with Gasteiger partial charge in [0.25, 0.3) is 0 Å². The van der Waals surface area contributed by atoms with E-state index in [9.17, 15) is 9.59 Å². The molecule has 0 amide bonds. The van der Waals surface area contributed by atoms with E-state index in [1.54, 1.807) is 0 Å². The fourth-order valence-corrected chi connectivity index (χ4v) is 4.75. The van der Waals surface area contributed by atoms with Gasteiger partial charge in [-0.25, -0.2) is 4.79 Å². The summed E-state index contributed by atoms with van der Waals surface area (Å²) in [7, 11) is 1.37. The molecule has 0 fully saturated rings. The zero-order valence-corrected chi connectivity index (χ0v) is 18.8. The van der Waals surface area contributed by atoms with Gasteiger partial charge in [0.05, 0.1) is 25.2 Å². The number of dihydropyridines is 1. The Morgan fingerprint density at radius 1 is 1.06 bits per heavy atom. The summed E-state index contributed by atoms with van der Waals surface area (Å²) >= 11 is 0. The van der Waals surface area contributed by atoms with Crippen molar-refractivity contribution in [2.75, 3.05) is 13.7 Å². The highest BCUT2D eigenvalue weighted by Crippen LogP contribution is 2.47. The molecule has 0 bridgehead atoms. The molecule has 1 aliphatic heterocycles. The van der Waals surface area contributed by atoms with Crippen molar-refractivity contribution in [3.63, 3.8) is 0 Å². The lowest BCUT2D eigenvalue weighted by Crippen LogP contribution is -2.36. The number of nitrogens with one attached hydrogen (secondary N) is 1. The Balaban J connectivity index is 1.83. The number of benzene rings is 2. The quantitative estimate of drug-likeness (QED) is 0.652. The van der Waals surface area contributed by atoms with Crippen molar-refractivity contribution >= 4 is 11.8 Å². The Morgan fingerprint density at radius 3 is 2.50 bits per heavy atom. The van der Waals surface area contributed by atoms with Crippen LogP contribution in [-0.4, -0.2) is 25.5 Å². The predicted molar refractivity (Wildman–Crippen MR) is 123 cm³/mol. The molecule has 0 aromatic heterocycles. The maximum Gasteiger partial charge on any atom is 0.336 e. The number of carbonyl (C=O) groups is 2. The highest BCUT2D eigenvalue weighted by molar-refractivity contribution is 6.04. The van der Waals surface area contributed by atoms with Crippen LogP contribution in [0.25, 0.3) is 0 Å². The van der Waals surface area contributed by atoms with Gasteiger partial charge in [0, 0.05) is 29.0 Å². The molecular formula is C27H29NO4. The number of para-hydroxylation sites is 1. The Morgan fingerprint density at radius 2 is 1.78 bits per heavy atom. The highest BCUT2D eigenvalue weighted by atomic mass is 16.5. The van der Waals surface area contributed by atoms with Crippen molar-refractivity contribution in [1.82, 2.24) is 5.32 Å². The Labute approximate surface area is 189 Å². The lowest BCUT2D eigenvalue weighted by atomic mass is 9.71. The number of allylic oxidation sites excluding steroid dienone is 3. The van der Waals surface area contributed by atoms with E-state index in [1.807, 2.05) is 56.3 Å². The molecule has 1 N–H and O–H groups in total. The predicted octanol–water partition coefficient (Wildman–Crippen LogP) is 5.01. The molecule has 5 nitrogen and oxygen atoms in total. The van der Waals surface area contributed by atoms with E-state index in [0.717, 1.165) is 23.2 Å². The topological polar surface area (TPSA) is 64.6 Å². The fourth-order valence-electron chi connectivity index (χ4n) is 4.75. The smallest absolute Gasteiger partial charge is 0.336 e. The fraction of sp³-hybridized carbons (Fsp3) is 0.333. The van der Waals surface area contributed by atoms with Gasteiger partial charge in [-0.05, 0) is 37.3 Å². The first-order chi connectivity index (χ1) is 15.5. The van der Waals surface area contributed by atoms with Gasteiger partial charge >= 0.3 is 5.97 Å². The number of methoxy groups -OCH3 is 1. The third-order valence-corrected chi connectivity index (χ3v) is 6.20. The normalized spacial score (nSPS) is 20.5. The maximum absolute atomic E-state index is 13.6. The van der Waals surface area contributed by atoms with Gasteiger partial charge in [0.1, 0.15) is 5.75 Å². The molecule has 0 unspecified atom stereocenters. The van der Waals surface area contributed by atoms with E-state index in [2.05, 4.69) is 17.4 Å². The standard InChI is InChI=1S/C27H29NO4/c1-4-14-32-23-13-9-8-12-20(23)25-24(27(30)31-3)17(2)28-21-15-19(16-22(29)26(21)25)18-10-6-5-7-11-18/h5-13,19,25,28H,4,14-16H2,1-3H3/t19-,25+/m0/s1. The highest BCUT2D eigenvalue weighted by Gasteiger charge is 2.42. The number of esters is 1. The number of hydrogen-bond acceptors (Lipinski definition) is 5. The molecule has 2 aromatic carbocycles. The third-order valence-electron chi connectivity index (χ3n) is 6.20. The van der Waals surface area contributed by atoms with E-state index in [4.69, 9.17) is 9.47 Å². The maximum atomic E-state index is 13.6. The summed E-state index contributed by atoms with van der Waals surface area (Å²) in [6, 6.07) is 17.8. The molecular weight excluding hydrogens is 402 g/mol. The van der Waals surface area contributed by atoms with Crippen LogP contribution in [0.2, 0.25) is 0 Å². The van der Waals surface area contributed by atoms with Gasteiger partial charge < -0.3 is 14.8 Å². The van der Waals surface area contributed by atoms with Crippen molar-refractivity contribution in [3.8, 4) is 5.75 Å². The van der Waals surface area contributed by atoms with Crippen LogP contribution in [0.3, 0.4) is 0 Å². The minimum absolute atomic E-state index is 0.0526. The Bertz CT molecular complexity index is 1080. The molecule has 5 heteroatoms. The average molecular weight is 432 g/mol. The summed E-state index contributed by atoms with van der Waals surface area (Å²) < 4.78 is 11.1.